The summed E-state index contributed by atoms with van der Waals surface area (Å²) < 4.78 is 0. The van der Waals surface area contributed by atoms with Crippen molar-refractivity contribution >= 4 is 0 Å². The molecule has 0 spiro atoms. The van der Waals surface area contributed by atoms with E-state index in [1.54, 1.807) is 0 Å². The molecule has 226 valence electrons. The molecule has 0 saturated heterocycles. The predicted molar refractivity (Wildman–Crippen MR) is 194 cm³/mol. The van der Waals surface area contributed by atoms with Gasteiger partial charge in [-0.25, -0.2) is 15.0 Å². The predicted octanol–water partition coefficient (Wildman–Crippen LogP) is 11.1. The molecule has 8 rings (SSSR count). The number of rotatable bonds is 5. The van der Waals surface area contributed by atoms with Gasteiger partial charge in [0.05, 0.1) is 0 Å². The Balaban J connectivity index is 1.33. The van der Waals surface area contributed by atoms with Gasteiger partial charge in [-0.3, -0.25) is 0 Å². The summed E-state index contributed by atoms with van der Waals surface area (Å²) in [5.74, 6) is 2.00. The fourth-order valence-electron chi connectivity index (χ4n) is 7.14. The van der Waals surface area contributed by atoms with E-state index in [1.807, 2.05) is 6.07 Å². The summed E-state index contributed by atoms with van der Waals surface area (Å²) in [5.41, 5.74) is 15.1. The van der Waals surface area contributed by atoms with Gasteiger partial charge in [-0.15, -0.1) is 0 Å². The second-order valence-electron chi connectivity index (χ2n) is 13.0. The number of benzene rings is 6. The molecular weight excluding hydrogens is 571 g/mol. The minimum absolute atomic E-state index is 0.118. The number of hydrogen-bond acceptors (Lipinski definition) is 3. The monoisotopic (exact) mass is 605 g/mol. The Morgan fingerprint density at radius 1 is 0.383 bits per heavy atom. The van der Waals surface area contributed by atoms with Gasteiger partial charge >= 0.3 is 0 Å². The lowest BCUT2D eigenvalue weighted by Gasteiger charge is -2.21. The van der Waals surface area contributed by atoms with Crippen LogP contribution in [0.5, 0.6) is 0 Å². The number of nitrogens with zero attached hydrogens (tertiary/aromatic N) is 3. The molecule has 1 aliphatic rings. The molecule has 0 saturated carbocycles. The maximum atomic E-state index is 5.22. The van der Waals surface area contributed by atoms with E-state index >= 15 is 0 Å². The molecule has 0 amide bonds. The van der Waals surface area contributed by atoms with E-state index in [2.05, 4.69) is 161 Å². The van der Waals surface area contributed by atoms with Crippen LogP contribution in [-0.2, 0) is 5.41 Å². The van der Waals surface area contributed by atoms with Crippen LogP contribution in [0, 0.1) is 13.8 Å². The minimum Gasteiger partial charge on any atom is -0.208 e. The second kappa shape index (κ2) is 11.3. The summed E-state index contributed by atoms with van der Waals surface area (Å²) in [4.78, 5) is 15.6. The van der Waals surface area contributed by atoms with Crippen molar-refractivity contribution in [3.05, 3.63) is 162 Å². The van der Waals surface area contributed by atoms with Crippen LogP contribution in [0.3, 0.4) is 0 Å². The van der Waals surface area contributed by atoms with Crippen LogP contribution in [-0.4, -0.2) is 15.0 Å². The maximum absolute atomic E-state index is 5.22. The summed E-state index contributed by atoms with van der Waals surface area (Å²) in [5, 5.41) is 0. The first kappa shape index (κ1) is 28.8. The largest absolute Gasteiger partial charge is 0.208 e. The Kier molecular flexibility index (Phi) is 6.91. The van der Waals surface area contributed by atoms with Crippen LogP contribution in [0.15, 0.2) is 140 Å². The normalized spacial score (nSPS) is 12.9. The molecule has 0 aliphatic heterocycles. The first-order chi connectivity index (χ1) is 22.9. The van der Waals surface area contributed by atoms with Crippen molar-refractivity contribution in [3.63, 3.8) is 0 Å². The SMILES string of the molecule is Cc1ccccc1-c1ccc(-c2nc(-c3cccc(-c4ccccc4)c3)nc(-c3cccc4c3-c3ccccc3C4(C)C)n2)cc1C. The van der Waals surface area contributed by atoms with Gasteiger partial charge in [0, 0.05) is 22.1 Å². The van der Waals surface area contributed by atoms with Gasteiger partial charge in [0.1, 0.15) is 0 Å². The Bertz CT molecular complexity index is 2300. The first-order valence-electron chi connectivity index (χ1n) is 16.2. The molecule has 1 aliphatic carbocycles. The summed E-state index contributed by atoms with van der Waals surface area (Å²) in [6, 6.07) is 49.3. The fraction of sp³-hybridized carbons (Fsp3) is 0.114. The van der Waals surface area contributed by atoms with Gasteiger partial charge in [0.15, 0.2) is 17.5 Å². The lowest BCUT2D eigenvalue weighted by atomic mass is 9.82. The standard InChI is InChI=1S/C44H35N3/c1-28-14-8-9-19-34(28)35-25-24-33(26-29(35)2)42-45-41(32-18-12-17-31(27-32)30-15-6-5-7-16-30)46-43(47-42)37-21-13-23-39-40(37)36-20-10-11-22-38(36)44(39,3)4/h5-27H,1-4H3. The number of aryl methyl sites for hydroxylation is 2. The van der Waals surface area contributed by atoms with Crippen molar-refractivity contribution in [3.8, 4) is 67.5 Å². The summed E-state index contributed by atoms with van der Waals surface area (Å²) in [6.45, 7) is 8.94. The zero-order valence-corrected chi connectivity index (χ0v) is 27.1. The van der Waals surface area contributed by atoms with Crippen molar-refractivity contribution in [1.29, 1.82) is 0 Å². The van der Waals surface area contributed by atoms with Crippen LogP contribution < -0.4 is 0 Å². The van der Waals surface area contributed by atoms with Crippen LogP contribution in [0.25, 0.3) is 67.5 Å². The van der Waals surface area contributed by atoms with E-state index in [9.17, 15) is 0 Å². The summed E-state index contributed by atoms with van der Waals surface area (Å²) >= 11 is 0. The lowest BCUT2D eigenvalue weighted by Crippen LogP contribution is -2.14. The zero-order chi connectivity index (χ0) is 32.1. The molecule has 6 aromatic carbocycles. The quantitative estimate of drug-likeness (QED) is 0.196. The van der Waals surface area contributed by atoms with Crippen molar-refractivity contribution < 1.29 is 0 Å². The third-order valence-corrected chi connectivity index (χ3v) is 9.63. The minimum atomic E-state index is -0.118. The molecule has 0 atom stereocenters. The van der Waals surface area contributed by atoms with Crippen LogP contribution >= 0.6 is 0 Å². The topological polar surface area (TPSA) is 38.7 Å². The highest BCUT2D eigenvalue weighted by Gasteiger charge is 2.37. The molecule has 7 aromatic rings. The van der Waals surface area contributed by atoms with Crippen molar-refractivity contribution in [2.75, 3.05) is 0 Å². The summed E-state index contributed by atoms with van der Waals surface area (Å²) in [6.07, 6.45) is 0. The first-order valence-corrected chi connectivity index (χ1v) is 16.2. The highest BCUT2D eigenvalue weighted by Crippen LogP contribution is 2.51. The van der Waals surface area contributed by atoms with Gasteiger partial charge in [-0.05, 0) is 81.6 Å². The molecule has 0 unspecified atom stereocenters. The van der Waals surface area contributed by atoms with E-state index in [1.165, 1.54) is 44.5 Å². The van der Waals surface area contributed by atoms with Gasteiger partial charge < -0.3 is 0 Å². The average molecular weight is 606 g/mol. The molecule has 3 nitrogen and oxygen atoms in total. The van der Waals surface area contributed by atoms with Gasteiger partial charge in [0.2, 0.25) is 0 Å². The molecule has 0 fully saturated rings. The van der Waals surface area contributed by atoms with Crippen molar-refractivity contribution in [2.45, 2.75) is 33.1 Å². The summed E-state index contributed by atoms with van der Waals surface area (Å²) in [7, 11) is 0. The van der Waals surface area contributed by atoms with E-state index in [-0.39, 0.29) is 5.41 Å². The van der Waals surface area contributed by atoms with Crippen LogP contribution in [0.1, 0.15) is 36.1 Å². The molecule has 1 aromatic heterocycles. The molecule has 0 bridgehead atoms. The van der Waals surface area contributed by atoms with E-state index in [0.717, 1.165) is 27.8 Å². The molecular formula is C44H35N3. The van der Waals surface area contributed by atoms with E-state index < -0.39 is 0 Å². The highest BCUT2D eigenvalue weighted by molar-refractivity contribution is 5.91. The Labute approximate surface area is 276 Å². The number of hydrogen-bond donors (Lipinski definition) is 0. The smallest absolute Gasteiger partial charge is 0.164 e. The highest BCUT2D eigenvalue weighted by atomic mass is 15.0. The van der Waals surface area contributed by atoms with Crippen LogP contribution in [0.4, 0.5) is 0 Å². The van der Waals surface area contributed by atoms with Crippen molar-refractivity contribution in [1.82, 2.24) is 15.0 Å². The Hall–Kier alpha value is -5.67. The van der Waals surface area contributed by atoms with Crippen LogP contribution in [0.2, 0.25) is 0 Å². The fourth-order valence-corrected chi connectivity index (χ4v) is 7.14. The Morgan fingerprint density at radius 2 is 0.936 bits per heavy atom. The molecule has 47 heavy (non-hydrogen) atoms. The second-order valence-corrected chi connectivity index (χ2v) is 13.0. The third-order valence-electron chi connectivity index (χ3n) is 9.63. The molecule has 0 radical (unpaired) electrons. The van der Waals surface area contributed by atoms with Gasteiger partial charge in [0.25, 0.3) is 0 Å². The molecule has 0 N–H and O–H groups in total. The number of fused-ring (bicyclic) bond motifs is 3. The van der Waals surface area contributed by atoms with Crippen molar-refractivity contribution in [2.24, 2.45) is 0 Å². The lowest BCUT2D eigenvalue weighted by molar-refractivity contribution is 0.660. The van der Waals surface area contributed by atoms with E-state index in [0.29, 0.717) is 17.5 Å². The molecule has 3 heteroatoms. The van der Waals surface area contributed by atoms with Gasteiger partial charge in [-0.1, -0.05) is 141 Å². The van der Waals surface area contributed by atoms with E-state index in [4.69, 9.17) is 15.0 Å². The average Bonchev–Trinajstić information content (AvgIpc) is 3.35. The third kappa shape index (κ3) is 4.96. The maximum Gasteiger partial charge on any atom is 0.164 e. The zero-order valence-electron chi connectivity index (χ0n) is 27.1. The molecule has 1 heterocycles. The van der Waals surface area contributed by atoms with Gasteiger partial charge in [-0.2, -0.15) is 0 Å². The number of aromatic nitrogens is 3. The Morgan fingerprint density at radius 3 is 1.70 bits per heavy atom.